The second-order valence-corrected chi connectivity index (χ2v) is 4.60. The zero-order valence-electron chi connectivity index (χ0n) is 9.83. The van der Waals surface area contributed by atoms with Gasteiger partial charge in [-0.3, -0.25) is 0 Å². The normalized spacial score (nSPS) is 12.8. The Labute approximate surface area is 92.5 Å². The van der Waals surface area contributed by atoms with Gasteiger partial charge < -0.3 is 5.11 Å². The summed E-state index contributed by atoms with van der Waals surface area (Å²) in [6, 6.07) is 7.51. The van der Waals surface area contributed by atoms with Crippen LogP contribution in [0.4, 0.5) is 0 Å². The average molecular weight is 204 g/mol. The zero-order valence-corrected chi connectivity index (χ0v) is 9.83. The van der Waals surface area contributed by atoms with Crippen molar-refractivity contribution in [2.24, 2.45) is 5.92 Å². The van der Waals surface area contributed by atoms with Crippen molar-refractivity contribution in [1.82, 2.24) is 0 Å². The molecule has 1 aromatic carbocycles. The van der Waals surface area contributed by atoms with Crippen molar-refractivity contribution in [2.45, 2.75) is 33.1 Å². The number of benzene rings is 1. The lowest BCUT2D eigenvalue weighted by Crippen LogP contribution is -2.06. The number of phenolic OH excluding ortho intramolecular Hbond substituents is 1. The number of aromatic hydroxyl groups is 1. The first-order valence-electron chi connectivity index (χ1n) is 5.44. The molecule has 1 heteroatoms. The maximum Gasteiger partial charge on any atom is 0.115 e. The van der Waals surface area contributed by atoms with Gasteiger partial charge in [0.25, 0.3) is 0 Å². The third-order valence-electron chi connectivity index (χ3n) is 2.69. The topological polar surface area (TPSA) is 20.2 Å². The molecule has 1 N–H and O–H groups in total. The molecule has 0 aliphatic carbocycles. The molecule has 15 heavy (non-hydrogen) atoms. The molecule has 1 unspecified atom stereocenters. The van der Waals surface area contributed by atoms with Gasteiger partial charge in [-0.15, -0.1) is 6.58 Å². The molecule has 0 heterocycles. The van der Waals surface area contributed by atoms with E-state index in [0.29, 0.717) is 17.6 Å². The molecule has 0 aromatic heterocycles. The van der Waals surface area contributed by atoms with Crippen LogP contribution in [0.15, 0.2) is 36.4 Å². The minimum atomic E-state index is 0.330. The summed E-state index contributed by atoms with van der Waals surface area (Å²) >= 11 is 0. The monoisotopic (exact) mass is 204 g/mol. The highest BCUT2D eigenvalue weighted by Crippen LogP contribution is 2.31. The molecule has 1 atom stereocenters. The summed E-state index contributed by atoms with van der Waals surface area (Å²) in [6.07, 6.45) is 1.02. The molecule has 0 fully saturated rings. The van der Waals surface area contributed by atoms with Crippen LogP contribution in [-0.4, -0.2) is 5.11 Å². The molecule has 0 bridgehead atoms. The first kappa shape index (κ1) is 11.8. The van der Waals surface area contributed by atoms with Crippen molar-refractivity contribution in [2.75, 3.05) is 0 Å². The lowest BCUT2D eigenvalue weighted by molar-refractivity contribution is 0.471. The number of rotatable bonds is 4. The molecular weight excluding hydrogens is 184 g/mol. The van der Waals surface area contributed by atoms with Crippen molar-refractivity contribution in [1.29, 1.82) is 0 Å². The quantitative estimate of drug-likeness (QED) is 0.732. The van der Waals surface area contributed by atoms with Crippen LogP contribution in [0.5, 0.6) is 5.75 Å². The number of allylic oxidation sites excluding steroid dienone is 1. The van der Waals surface area contributed by atoms with E-state index < -0.39 is 0 Å². The third kappa shape index (κ3) is 3.43. The van der Waals surface area contributed by atoms with Gasteiger partial charge in [-0.1, -0.05) is 31.6 Å². The molecule has 0 aliphatic heterocycles. The van der Waals surface area contributed by atoms with Crippen molar-refractivity contribution < 1.29 is 5.11 Å². The fourth-order valence-corrected chi connectivity index (χ4v) is 1.84. The SMILES string of the molecule is C=C(C)CC(c1ccc(O)cc1)C(C)C. The number of hydrogen-bond donors (Lipinski definition) is 1. The lowest BCUT2D eigenvalue weighted by Gasteiger charge is -2.21. The molecule has 82 valence electrons. The van der Waals surface area contributed by atoms with Gasteiger partial charge in [0, 0.05) is 0 Å². The van der Waals surface area contributed by atoms with Crippen LogP contribution in [0.2, 0.25) is 0 Å². The Bertz CT molecular complexity index is 322. The summed E-state index contributed by atoms with van der Waals surface area (Å²) in [7, 11) is 0. The molecule has 1 rings (SSSR count). The van der Waals surface area contributed by atoms with Gasteiger partial charge in [0.1, 0.15) is 5.75 Å². The Hall–Kier alpha value is -1.24. The van der Waals surface area contributed by atoms with Gasteiger partial charge in [-0.2, -0.15) is 0 Å². The summed E-state index contributed by atoms with van der Waals surface area (Å²) in [5.41, 5.74) is 2.49. The summed E-state index contributed by atoms with van der Waals surface area (Å²) in [6.45, 7) is 10.5. The van der Waals surface area contributed by atoms with Crippen LogP contribution < -0.4 is 0 Å². The second kappa shape index (κ2) is 5.01. The van der Waals surface area contributed by atoms with Crippen molar-refractivity contribution in [3.63, 3.8) is 0 Å². The van der Waals surface area contributed by atoms with Gasteiger partial charge in [0.2, 0.25) is 0 Å². The predicted octanol–water partition coefficient (Wildman–Crippen LogP) is 4.10. The molecule has 0 saturated carbocycles. The molecule has 0 saturated heterocycles. The highest BCUT2D eigenvalue weighted by molar-refractivity contribution is 5.29. The minimum absolute atomic E-state index is 0.330. The molecule has 1 nitrogen and oxygen atoms in total. The maximum atomic E-state index is 9.24. The van der Waals surface area contributed by atoms with Gasteiger partial charge >= 0.3 is 0 Å². The van der Waals surface area contributed by atoms with E-state index in [0.717, 1.165) is 6.42 Å². The zero-order chi connectivity index (χ0) is 11.4. The Morgan fingerprint density at radius 2 is 1.80 bits per heavy atom. The molecule has 0 amide bonds. The largest absolute Gasteiger partial charge is 0.508 e. The molecule has 0 aliphatic rings. The van der Waals surface area contributed by atoms with Crippen molar-refractivity contribution in [3.8, 4) is 5.75 Å². The molecule has 1 aromatic rings. The van der Waals surface area contributed by atoms with Crippen LogP contribution in [0.3, 0.4) is 0 Å². The van der Waals surface area contributed by atoms with Gasteiger partial charge in [-0.25, -0.2) is 0 Å². The molecule has 0 radical (unpaired) electrons. The summed E-state index contributed by atoms with van der Waals surface area (Å²) < 4.78 is 0. The number of hydrogen-bond acceptors (Lipinski definition) is 1. The fourth-order valence-electron chi connectivity index (χ4n) is 1.84. The fraction of sp³-hybridized carbons (Fsp3) is 0.429. The van der Waals surface area contributed by atoms with Crippen LogP contribution in [-0.2, 0) is 0 Å². The van der Waals surface area contributed by atoms with E-state index in [4.69, 9.17) is 0 Å². The second-order valence-electron chi connectivity index (χ2n) is 4.60. The van der Waals surface area contributed by atoms with Crippen molar-refractivity contribution in [3.05, 3.63) is 42.0 Å². The van der Waals surface area contributed by atoms with E-state index in [2.05, 4.69) is 27.4 Å². The van der Waals surface area contributed by atoms with Crippen molar-refractivity contribution >= 4 is 0 Å². The minimum Gasteiger partial charge on any atom is -0.508 e. The van der Waals surface area contributed by atoms with Crippen LogP contribution in [0, 0.1) is 5.92 Å². The Balaban J connectivity index is 2.88. The van der Waals surface area contributed by atoms with E-state index in [9.17, 15) is 5.11 Å². The predicted molar refractivity (Wildman–Crippen MR) is 65.1 cm³/mol. The Morgan fingerprint density at radius 1 is 1.27 bits per heavy atom. The first-order valence-corrected chi connectivity index (χ1v) is 5.44. The van der Waals surface area contributed by atoms with Gasteiger partial charge in [-0.05, 0) is 42.9 Å². The van der Waals surface area contributed by atoms with E-state index in [1.165, 1.54) is 11.1 Å². The van der Waals surface area contributed by atoms with E-state index in [1.807, 2.05) is 12.1 Å². The molecular formula is C14H20O. The smallest absolute Gasteiger partial charge is 0.115 e. The van der Waals surface area contributed by atoms with Crippen LogP contribution in [0.1, 0.15) is 38.7 Å². The highest BCUT2D eigenvalue weighted by Gasteiger charge is 2.15. The standard InChI is InChI=1S/C14H20O/c1-10(2)9-14(11(3)4)12-5-7-13(15)8-6-12/h5-8,11,14-15H,1,9H2,2-4H3. The number of phenols is 1. The average Bonchev–Trinajstić information content (AvgIpc) is 2.15. The van der Waals surface area contributed by atoms with Crippen LogP contribution in [0.25, 0.3) is 0 Å². The summed E-state index contributed by atoms with van der Waals surface area (Å²) in [5.74, 6) is 1.42. The van der Waals surface area contributed by atoms with E-state index in [1.54, 1.807) is 12.1 Å². The third-order valence-corrected chi connectivity index (χ3v) is 2.69. The molecule has 0 spiro atoms. The summed E-state index contributed by atoms with van der Waals surface area (Å²) in [5, 5.41) is 9.24. The van der Waals surface area contributed by atoms with Gasteiger partial charge in [0.05, 0.1) is 0 Å². The first-order chi connectivity index (χ1) is 7.00. The highest BCUT2D eigenvalue weighted by atomic mass is 16.3. The van der Waals surface area contributed by atoms with Gasteiger partial charge in [0.15, 0.2) is 0 Å². The Morgan fingerprint density at radius 3 is 2.20 bits per heavy atom. The lowest BCUT2D eigenvalue weighted by atomic mass is 9.84. The maximum absolute atomic E-state index is 9.24. The van der Waals surface area contributed by atoms with Crippen LogP contribution >= 0.6 is 0 Å². The summed E-state index contributed by atoms with van der Waals surface area (Å²) in [4.78, 5) is 0. The van der Waals surface area contributed by atoms with E-state index >= 15 is 0 Å². The Kier molecular flexibility index (Phi) is 3.96. The van der Waals surface area contributed by atoms with E-state index in [-0.39, 0.29) is 0 Å².